The number of aromatic nitrogens is 5. The zero-order chi connectivity index (χ0) is 18.5. The molecule has 140 valence electrons. The highest BCUT2D eigenvalue weighted by Gasteiger charge is 2.23. The number of quaternary nitrogens is 1. The molecule has 0 spiro atoms. The third kappa shape index (κ3) is 4.25. The van der Waals surface area contributed by atoms with Crippen molar-refractivity contribution in [3.8, 4) is 0 Å². The van der Waals surface area contributed by atoms with E-state index in [-0.39, 0.29) is 12.3 Å². The molecule has 1 amide bonds. The highest BCUT2D eigenvalue weighted by Crippen LogP contribution is 2.06. The van der Waals surface area contributed by atoms with Crippen molar-refractivity contribution in [2.75, 3.05) is 31.1 Å². The summed E-state index contributed by atoms with van der Waals surface area (Å²) >= 11 is 5.56. The number of nitrogens with one attached hydrogen (secondary N) is 1. The topological polar surface area (TPSA) is 99.3 Å². The number of carbonyl (C=O) groups excluding carboxylic acids is 1. The number of carbonyl (C=O) groups is 1. The number of primary amides is 1. The minimum absolute atomic E-state index is 0.286. The number of nitrogens with zero attached hydrogens (tertiary/aromatic N) is 6. The van der Waals surface area contributed by atoms with Crippen LogP contribution in [0.2, 0.25) is 0 Å². The Morgan fingerprint density at radius 3 is 2.62 bits per heavy atom. The van der Waals surface area contributed by atoms with Crippen molar-refractivity contribution in [3.05, 3.63) is 29.1 Å². The summed E-state index contributed by atoms with van der Waals surface area (Å²) in [5, 5.41) is 4.63. The molecule has 1 saturated heterocycles. The lowest BCUT2D eigenvalue weighted by Gasteiger charge is -2.31. The monoisotopic (exact) mass is 377 g/mol. The maximum Gasteiger partial charge on any atom is 0.225 e. The normalized spacial score (nSPS) is 15.3. The summed E-state index contributed by atoms with van der Waals surface area (Å²) in [5.41, 5.74) is 5.26. The molecule has 9 nitrogen and oxygen atoms in total. The molecule has 0 bridgehead atoms. The van der Waals surface area contributed by atoms with Crippen LogP contribution in [-0.4, -0.2) is 56.4 Å². The number of hydrogen-bond donors (Lipinski definition) is 2. The van der Waals surface area contributed by atoms with Crippen molar-refractivity contribution < 1.29 is 9.69 Å². The van der Waals surface area contributed by atoms with Gasteiger partial charge in [-0.15, -0.1) is 0 Å². The van der Waals surface area contributed by atoms with Gasteiger partial charge in [-0.3, -0.25) is 4.79 Å². The van der Waals surface area contributed by atoms with Gasteiger partial charge in [0.25, 0.3) is 0 Å². The molecular weight excluding hydrogens is 352 g/mol. The quantitative estimate of drug-likeness (QED) is 0.601. The van der Waals surface area contributed by atoms with Crippen LogP contribution in [-0.2, 0) is 24.4 Å². The van der Waals surface area contributed by atoms with Crippen LogP contribution in [0.15, 0.2) is 18.5 Å². The van der Waals surface area contributed by atoms with E-state index >= 15 is 0 Å². The third-order valence-corrected chi connectivity index (χ3v) is 5.02. The van der Waals surface area contributed by atoms with Crippen LogP contribution in [0.25, 0.3) is 0 Å². The Morgan fingerprint density at radius 2 is 2.00 bits per heavy atom. The van der Waals surface area contributed by atoms with Crippen LogP contribution in [0.3, 0.4) is 0 Å². The fourth-order valence-corrected chi connectivity index (χ4v) is 3.51. The van der Waals surface area contributed by atoms with Crippen molar-refractivity contribution in [1.29, 1.82) is 0 Å². The molecule has 1 fully saturated rings. The van der Waals surface area contributed by atoms with Crippen LogP contribution in [0.4, 0.5) is 5.95 Å². The lowest BCUT2D eigenvalue weighted by molar-refractivity contribution is -0.924. The highest BCUT2D eigenvalue weighted by molar-refractivity contribution is 7.71. The van der Waals surface area contributed by atoms with Gasteiger partial charge in [0.15, 0.2) is 6.67 Å². The molecule has 0 unspecified atom stereocenters. The molecular formula is C16H25N8OS+. The number of amides is 1. The zero-order valence-electron chi connectivity index (χ0n) is 15.0. The Morgan fingerprint density at radius 1 is 1.31 bits per heavy atom. The summed E-state index contributed by atoms with van der Waals surface area (Å²) in [7, 11) is 0. The van der Waals surface area contributed by atoms with Gasteiger partial charge in [0, 0.05) is 31.8 Å². The molecule has 2 aromatic heterocycles. The second-order valence-corrected chi connectivity index (χ2v) is 6.72. The van der Waals surface area contributed by atoms with E-state index in [1.54, 1.807) is 12.4 Å². The maximum absolute atomic E-state index is 11.1. The fourth-order valence-electron chi connectivity index (χ4n) is 3.17. The zero-order valence-corrected chi connectivity index (χ0v) is 15.8. The van der Waals surface area contributed by atoms with E-state index < -0.39 is 0 Å². The number of aryl methyl sites for hydroxylation is 1. The summed E-state index contributed by atoms with van der Waals surface area (Å²) in [6.45, 7) is 7.22. The predicted molar refractivity (Wildman–Crippen MR) is 99.2 cm³/mol. The Kier molecular flexibility index (Phi) is 5.94. The summed E-state index contributed by atoms with van der Waals surface area (Å²) in [4.78, 5) is 23.3. The molecule has 2 aromatic rings. The largest absolute Gasteiger partial charge is 0.370 e. The van der Waals surface area contributed by atoms with Gasteiger partial charge in [0.05, 0.1) is 26.2 Å². The minimum atomic E-state index is -0.321. The van der Waals surface area contributed by atoms with E-state index in [9.17, 15) is 4.79 Å². The van der Waals surface area contributed by atoms with E-state index in [1.807, 2.05) is 22.2 Å². The molecule has 0 radical (unpaired) electrons. The van der Waals surface area contributed by atoms with Gasteiger partial charge in [0.2, 0.25) is 16.6 Å². The van der Waals surface area contributed by atoms with Gasteiger partial charge in [-0.1, -0.05) is 0 Å². The first-order valence-corrected chi connectivity index (χ1v) is 9.29. The average molecular weight is 377 g/mol. The van der Waals surface area contributed by atoms with Crippen molar-refractivity contribution in [2.45, 2.75) is 33.0 Å². The SMILES string of the molecule is CCn1c(CCC(N)=O)nn(C[NH+]2CCN(c3ncccn3)CC2)c1=S. The molecule has 3 N–H and O–H groups in total. The molecule has 3 heterocycles. The highest BCUT2D eigenvalue weighted by atomic mass is 32.1. The summed E-state index contributed by atoms with van der Waals surface area (Å²) < 4.78 is 4.55. The van der Waals surface area contributed by atoms with E-state index in [2.05, 4.69) is 20.0 Å². The Bertz CT molecular complexity index is 794. The molecule has 3 rings (SSSR count). The Balaban J connectivity index is 1.63. The molecule has 1 aliphatic heterocycles. The fraction of sp³-hybridized carbons (Fsp3) is 0.562. The van der Waals surface area contributed by atoms with Gasteiger partial charge in [0.1, 0.15) is 5.82 Å². The molecule has 0 aliphatic carbocycles. The molecule has 26 heavy (non-hydrogen) atoms. The Labute approximate surface area is 157 Å². The third-order valence-electron chi connectivity index (χ3n) is 4.59. The van der Waals surface area contributed by atoms with Gasteiger partial charge in [-0.05, 0) is 25.2 Å². The summed E-state index contributed by atoms with van der Waals surface area (Å²) in [6, 6.07) is 1.83. The van der Waals surface area contributed by atoms with Crippen LogP contribution >= 0.6 is 12.2 Å². The second-order valence-electron chi connectivity index (χ2n) is 6.35. The molecule has 1 aliphatic rings. The number of nitrogens with two attached hydrogens (primary N) is 1. The van der Waals surface area contributed by atoms with Crippen molar-refractivity contribution in [3.63, 3.8) is 0 Å². The number of rotatable bonds is 7. The van der Waals surface area contributed by atoms with E-state index in [0.717, 1.165) is 51.2 Å². The molecule has 0 atom stereocenters. The van der Waals surface area contributed by atoms with Crippen molar-refractivity contribution >= 4 is 24.1 Å². The van der Waals surface area contributed by atoms with Crippen molar-refractivity contribution in [2.24, 2.45) is 5.73 Å². The first-order chi connectivity index (χ1) is 12.6. The first-order valence-electron chi connectivity index (χ1n) is 8.89. The molecule has 0 saturated carbocycles. The van der Waals surface area contributed by atoms with Crippen LogP contribution in [0, 0.1) is 4.77 Å². The summed E-state index contributed by atoms with van der Waals surface area (Å²) in [5.74, 6) is 1.29. The van der Waals surface area contributed by atoms with Gasteiger partial charge in [-0.25, -0.2) is 9.97 Å². The maximum atomic E-state index is 11.1. The first kappa shape index (κ1) is 18.5. The number of anilines is 1. The molecule has 0 aromatic carbocycles. The lowest BCUT2D eigenvalue weighted by Crippen LogP contribution is -3.14. The summed E-state index contributed by atoms with van der Waals surface area (Å²) in [6.07, 6.45) is 4.35. The van der Waals surface area contributed by atoms with E-state index in [4.69, 9.17) is 18.0 Å². The number of piperazine rings is 1. The van der Waals surface area contributed by atoms with Gasteiger partial charge >= 0.3 is 0 Å². The van der Waals surface area contributed by atoms with E-state index in [0.29, 0.717) is 11.2 Å². The van der Waals surface area contributed by atoms with Crippen LogP contribution in [0.1, 0.15) is 19.2 Å². The average Bonchev–Trinajstić information content (AvgIpc) is 2.96. The standard InChI is InChI=1S/C16H24N8OS/c1-2-23-14(5-4-13(17)25)20-24(16(23)26)12-21-8-10-22(11-9-21)15-18-6-3-7-19-15/h3,6-7H,2,4-5,8-12H2,1H3,(H2,17,25)/p+1. The Hall–Kier alpha value is -2.33. The van der Waals surface area contributed by atoms with Gasteiger partial charge in [-0.2, -0.15) is 9.78 Å². The minimum Gasteiger partial charge on any atom is -0.370 e. The van der Waals surface area contributed by atoms with Crippen LogP contribution in [0.5, 0.6) is 0 Å². The lowest BCUT2D eigenvalue weighted by atomic mass is 10.3. The second kappa shape index (κ2) is 8.37. The smallest absolute Gasteiger partial charge is 0.225 e. The predicted octanol–water partition coefficient (Wildman–Crippen LogP) is -0.996. The number of hydrogen-bond acceptors (Lipinski definition) is 6. The van der Waals surface area contributed by atoms with Crippen molar-refractivity contribution in [1.82, 2.24) is 24.3 Å². The van der Waals surface area contributed by atoms with E-state index in [1.165, 1.54) is 4.90 Å². The van der Waals surface area contributed by atoms with Crippen LogP contribution < -0.4 is 15.5 Å². The molecule has 10 heteroatoms. The van der Waals surface area contributed by atoms with Gasteiger partial charge < -0.3 is 20.1 Å².